The second kappa shape index (κ2) is 5.59. The topological polar surface area (TPSA) is 101 Å². The van der Waals surface area contributed by atoms with Crippen molar-refractivity contribution in [1.82, 2.24) is 9.97 Å². The van der Waals surface area contributed by atoms with Crippen molar-refractivity contribution < 1.29 is 9.72 Å². The summed E-state index contributed by atoms with van der Waals surface area (Å²) in [4.78, 5) is 30.1. The Bertz CT molecular complexity index is 721. The Hall–Kier alpha value is -2.70. The van der Waals surface area contributed by atoms with Crippen molar-refractivity contribution in [3.63, 3.8) is 0 Å². The minimum absolute atomic E-state index is 0.00763. The number of fused-ring (bicyclic) bond motifs is 1. The number of non-ortho nitro benzene ring substituents is 1. The molecule has 7 nitrogen and oxygen atoms in total. The van der Waals surface area contributed by atoms with Gasteiger partial charge in [-0.15, -0.1) is 0 Å². The largest absolute Gasteiger partial charge is 0.346 e. The fourth-order valence-electron chi connectivity index (χ4n) is 2.76. The number of carbonyl (C=O) groups excluding carboxylic acids is 1. The smallest absolute Gasteiger partial charge is 0.269 e. The van der Waals surface area contributed by atoms with E-state index in [0.29, 0.717) is 12.1 Å². The van der Waals surface area contributed by atoms with Gasteiger partial charge >= 0.3 is 0 Å². The Labute approximate surface area is 126 Å². The number of rotatable bonds is 3. The van der Waals surface area contributed by atoms with E-state index in [1.54, 1.807) is 12.1 Å². The lowest BCUT2D eigenvalue weighted by molar-refractivity contribution is -0.384. The molecule has 1 aliphatic carbocycles. The molecule has 1 aromatic heterocycles. The number of anilines is 1. The molecule has 1 aliphatic rings. The van der Waals surface area contributed by atoms with Crippen LogP contribution in [-0.2, 0) is 17.6 Å². The van der Waals surface area contributed by atoms with Crippen molar-refractivity contribution in [2.24, 2.45) is 5.92 Å². The molecule has 1 amide bonds. The van der Waals surface area contributed by atoms with Crippen LogP contribution in [0.5, 0.6) is 0 Å². The fraction of sp³-hybridized carbons (Fsp3) is 0.333. The van der Waals surface area contributed by atoms with Gasteiger partial charge in [0.2, 0.25) is 5.91 Å². The summed E-state index contributed by atoms with van der Waals surface area (Å²) in [5.74, 6) is 0.704. The molecular weight excluding hydrogens is 284 g/mol. The van der Waals surface area contributed by atoms with Crippen LogP contribution >= 0.6 is 0 Å². The summed E-state index contributed by atoms with van der Waals surface area (Å²) in [6.45, 7) is 1.91. The zero-order valence-electron chi connectivity index (χ0n) is 12.1. The molecule has 1 aromatic carbocycles. The molecule has 1 atom stereocenters. The second-order valence-corrected chi connectivity index (χ2v) is 5.48. The van der Waals surface area contributed by atoms with Crippen LogP contribution in [0.4, 0.5) is 11.4 Å². The number of nitro groups is 1. The van der Waals surface area contributed by atoms with Gasteiger partial charge in [-0.3, -0.25) is 14.9 Å². The number of imidazole rings is 1. The van der Waals surface area contributed by atoms with E-state index in [0.717, 1.165) is 30.1 Å². The van der Waals surface area contributed by atoms with Gasteiger partial charge in [0.15, 0.2) is 0 Å². The van der Waals surface area contributed by atoms with E-state index >= 15 is 0 Å². The first kappa shape index (κ1) is 14.2. The summed E-state index contributed by atoms with van der Waals surface area (Å²) >= 11 is 0. The predicted molar refractivity (Wildman–Crippen MR) is 80.6 cm³/mol. The second-order valence-electron chi connectivity index (χ2n) is 5.48. The number of hydrogen-bond donors (Lipinski definition) is 2. The van der Waals surface area contributed by atoms with Crippen LogP contribution in [0.15, 0.2) is 24.3 Å². The lowest BCUT2D eigenvalue weighted by Crippen LogP contribution is -2.28. The highest BCUT2D eigenvalue weighted by Gasteiger charge is 2.26. The minimum atomic E-state index is -0.463. The number of aryl methyl sites for hydroxylation is 2. The highest BCUT2D eigenvalue weighted by Crippen LogP contribution is 2.25. The number of aromatic amines is 1. The van der Waals surface area contributed by atoms with Gasteiger partial charge in [-0.2, -0.15) is 0 Å². The maximum atomic E-state index is 12.3. The van der Waals surface area contributed by atoms with E-state index < -0.39 is 4.92 Å². The molecule has 0 spiro atoms. The molecule has 1 heterocycles. The number of benzene rings is 1. The zero-order valence-corrected chi connectivity index (χ0v) is 12.1. The average molecular weight is 300 g/mol. The van der Waals surface area contributed by atoms with Crippen LogP contribution < -0.4 is 5.32 Å². The molecule has 2 N–H and O–H groups in total. The van der Waals surface area contributed by atoms with Crippen molar-refractivity contribution >= 4 is 17.3 Å². The Balaban J connectivity index is 1.66. The van der Waals surface area contributed by atoms with E-state index in [2.05, 4.69) is 15.3 Å². The Morgan fingerprint density at radius 2 is 2.14 bits per heavy atom. The van der Waals surface area contributed by atoms with Crippen LogP contribution in [0.25, 0.3) is 0 Å². The summed E-state index contributed by atoms with van der Waals surface area (Å²) in [5, 5.41) is 13.4. The normalized spacial score (nSPS) is 16.9. The molecule has 0 aliphatic heterocycles. The van der Waals surface area contributed by atoms with Crippen molar-refractivity contribution in [2.45, 2.75) is 26.2 Å². The number of nitrogens with one attached hydrogen (secondary N) is 2. The van der Waals surface area contributed by atoms with Gasteiger partial charge in [0.1, 0.15) is 5.82 Å². The third-order valence-corrected chi connectivity index (χ3v) is 3.88. The van der Waals surface area contributed by atoms with Crippen LogP contribution in [-0.4, -0.2) is 20.8 Å². The number of hydrogen-bond acceptors (Lipinski definition) is 4. The Kier molecular flexibility index (Phi) is 3.62. The van der Waals surface area contributed by atoms with E-state index in [9.17, 15) is 14.9 Å². The summed E-state index contributed by atoms with van der Waals surface area (Å²) in [5.41, 5.74) is 2.67. The van der Waals surface area contributed by atoms with Gasteiger partial charge in [-0.1, -0.05) is 0 Å². The van der Waals surface area contributed by atoms with Gasteiger partial charge in [0.05, 0.1) is 10.6 Å². The monoisotopic (exact) mass is 300 g/mol. The molecule has 2 aromatic rings. The molecule has 7 heteroatoms. The first-order valence-corrected chi connectivity index (χ1v) is 7.12. The van der Waals surface area contributed by atoms with Crippen LogP contribution in [0.3, 0.4) is 0 Å². The average Bonchev–Trinajstić information content (AvgIpc) is 2.86. The van der Waals surface area contributed by atoms with Crippen LogP contribution in [0.2, 0.25) is 0 Å². The van der Waals surface area contributed by atoms with Gasteiger partial charge in [0.25, 0.3) is 5.69 Å². The molecule has 0 saturated heterocycles. The van der Waals surface area contributed by atoms with Gasteiger partial charge < -0.3 is 10.3 Å². The first-order valence-electron chi connectivity index (χ1n) is 7.12. The summed E-state index contributed by atoms with van der Waals surface area (Å²) in [6, 6.07) is 5.86. The molecule has 0 saturated carbocycles. The van der Waals surface area contributed by atoms with Crippen molar-refractivity contribution in [2.75, 3.05) is 5.32 Å². The standard InChI is InChI=1S/C15H16N4O3/c1-9-16-13-7-2-10(8-14(13)17-9)15(20)18-11-3-5-12(6-4-11)19(21)22/h3-6,10H,2,7-8H2,1H3,(H,16,17)(H,18,20). The SMILES string of the molecule is Cc1nc2c([nH]1)CC(C(=O)Nc1ccc([N+](=O)[O-])cc1)CC2. The maximum absolute atomic E-state index is 12.3. The number of aromatic nitrogens is 2. The third-order valence-electron chi connectivity index (χ3n) is 3.88. The highest BCUT2D eigenvalue weighted by molar-refractivity contribution is 5.92. The van der Waals surface area contributed by atoms with Crippen LogP contribution in [0.1, 0.15) is 23.6 Å². The number of nitrogens with zero attached hydrogens (tertiary/aromatic N) is 2. The van der Waals surface area contributed by atoms with Crippen molar-refractivity contribution in [1.29, 1.82) is 0 Å². The molecule has 0 radical (unpaired) electrons. The minimum Gasteiger partial charge on any atom is -0.346 e. The lowest BCUT2D eigenvalue weighted by Gasteiger charge is -2.20. The molecule has 1 unspecified atom stereocenters. The van der Waals surface area contributed by atoms with Crippen molar-refractivity contribution in [3.05, 3.63) is 51.6 Å². The predicted octanol–water partition coefficient (Wildman–Crippen LogP) is 2.37. The maximum Gasteiger partial charge on any atom is 0.269 e. The van der Waals surface area contributed by atoms with Crippen LogP contribution in [0, 0.1) is 23.0 Å². The molecular formula is C15H16N4O3. The van der Waals surface area contributed by atoms with Crippen molar-refractivity contribution in [3.8, 4) is 0 Å². The van der Waals surface area contributed by atoms with E-state index in [-0.39, 0.29) is 17.5 Å². The fourth-order valence-corrected chi connectivity index (χ4v) is 2.76. The van der Waals surface area contributed by atoms with Gasteiger partial charge in [-0.05, 0) is 31.9 Å². The molecule has 22 heavy (non-hydrogen) atoms. The summed E-state index contributed by atoms with van der Waals surface area (Å²) in [6.07, 6.45) is 2.20. The van der Waals surface area contributed by atoms with E-state index in [4.69, 9.17) is 0 Å². The Morgan fingerprint density at radius 1 is 1.41 bits per heavy atom. The number of H-pyrrole nitrogens is 1. The van der Waals surface area contributed by atoms with Gasteiger partial charge in [-0.25, -0.2) is 4.98 Å². The zero-order chi connectivity index (χ0) is 15.7. The third kappa shape index (κ3) is 2.83. The summed E-state index contributed by atoms with van der Waals surface area (Å²) < 4.78 is 0. The number of nitro benzene ring substituents is 1. The quantitative estimate of drug-likeness (QED) is 0.671. The number of carbonyl (C=O) groups is 1. The Morgan fingerprint density at radius 3 is 2.82 bits per heavy atom. The van der Waals surface area contributed by atoms with E-state index in [1.807, 2.05) is 6.92 Å². The van der Waals surface area contributed by atoms with E-state index in [1.165, 1.54) is 12.1 Å². The molecule has 0 fully saturated rings. The highest BCUT2D eigenvalue weighted by atomic mass is 16.6. The summed E-state index contributed by atoms with van der Waals surface area (Å²) in [7, 11) is 0. The molecule has 3 rings (SSSR count). The molecule has 114 valence electrons. The lowest BCUT2D eigenvalue weighted by atomic mass is 9.89. The first-order chi connectivity index (χ1) is 10.5. The molecule has 0 bridgehead atoms. The number of amides is 1. The van der Waals surface area contributed by atoms with Gasteiger partial charge in [0, 0.05) is 35.9 Å².